The lowest BCUT2D eigenvalue weighted by atomic mass is 10.2. The first-order valence-electron chi connectivity index (χ1n) is 13.5. The number of ether oxygens (including phenoxy) is 1. The maximum atomic E-state index is 12.9. The molecule has 2 N–H and O–H groups in total. The van der Waals surface area contributed by atoms with Gasteiger partial charge in [-0.3, -0.25) is 0 Å². The summed E-state index contributed by atoms with van der Waals surface area (Å²) in [4.78, 5) is 14.1. The lowest BCUT2D eigenvalue weighted by Crippen LogP contribution is -2.43. The molecule has 1 aromatic heterocycles. The fourth-order valence-electron chi connectivity index (χ4n) is 4.69. The third-order valence-electron chi connectivity index (χ3n) is 7.21. The fraction of sp³-hybridized carbons (Fsp3) is 0.448. The minimum absolute atomic E-state index is 0.199. The van der Waals surface area contributed by atoms with Crippen molar-refractivity contribution in [1.82, 2.24) is 19.8 Å². The molecule has 2 fully saturated rings. The van der Waals surface area contributed by atoms with Crippen LogP contribution >= 0.6 is 0 Å². The van der Waals surface area contributed by atoms with Crippen molar-refractivity contribution in [2.45, 2.75) is 50.5 Å². The lowest BCUT2D eigenvalue weighted by molar-refractivity contribution is 0.186. The van der Waals surface area contributed by atoms with Crippen LogP contribution in [0.3, 0.4) is 0 Å². The SMILES string of the molecule is COc1ccc(S(=O)(=O)/C=C/c2cnc(N/C(C)=C/C=C(\C)N3CCN(C)CC3)nc2NC2CCCC2)cc1. The normalized spacial score (nSPS) is 18.1. The van der Waals surface area contributed by atoms with Gasteiger partial charge in [0.15, 0.2) is 9.84 Å². The highest BCUT2D eigenvalue weighted by molar-refractivity contribution is 7.94. The Morgan fingerprint density at radius 2 is 1.74 bits per heavy atom. The molecular weight excluding hydrogens is 512 g/mol. The van der Waals surface area contributed by atoms with Gasteiger partial charge < -0.3 is 25.2 Å². The summed E-state index contributed by atoms with van der Waals surface area (Å²) in [5.41, 5.74) is 2.77. The number of rotatable bonds is 10. The highest BCUT2D eigenvalue weighted by atomic mass is 32.2. The number of nitrogens with one attached hydrogen (secondary N) is 2. The predicted molar refractivity (Wildman–Crippen MR) is 157 cm³/mol. The molecule has 2 heterocycles. The van der Waals surface area contributed by atoms with Crippen molar-refractivity contribution in [2.24, 2.45) is 0 Å². The van der Waals surface area contributed by atoms with E-state index in [1.165, 1.54) is 36.1 Å². The summed E-state index contributed by atoms with van der Waals surface area (Å²) >= 11 is 0. The highest BCUT2D eigenvalue weighted by Crippen LogP contribution is 2.26. The van der Waals surface area contributed by atoms with E-state index in [-0.39, 0.29) is 4.90 Å². The Kier molecular flexibility index (Phi) is 9.63. The average Bonchev–Trinajstić information content (AvgIpc) is 3.45. The standard InChI is InChI=1S/C29H40N6O3S/c1-22(9-10-23(2)35-18-16-34(3)17-19-35)31-29-30-21-24(28(33-29)32-25-7-5-6-8-25)15-20-39(36,37)27-13-11-26(38-4)12-14-27/h9-15,20-21,25H,5-8,16-19H2,1-4H3,(H2,30,31,32,33)/b20-15+,22-9+,23-10+. The molecule has 2 aliphatic rings. The van der Waals surface area contributed by atoms with E-state index in [1.807, 2.05) is 13.0 Å². The van der Waals surface area contributed by atoms with Crippen molar-refractivity contribution in [3.05, 3.63) is 65.0 Å². The number of likely N-dealkylation sites (N-methyl/N-ethyl adjacent to an activating group) is 1. The van der Waals surface area contributed by atoms with Crippen LogP contribution in [0.4, 0.5) is 11.8 Å². The first-order chi connectivity index (χ1) is 18.7. The van der Waals surface area contributed by atoms with Crippen molar-refractivity contribution in [1.29, 1.82) is 0 Å². The molecule has 0 atom stereocenters. The van der Waals surface area contributed by atoms with E-state index >= 15 is 0 Å². The number of hydrogen-bond acceptors (Lipinski definition) is 9. The van der Waals surface area contributed by atoms with Gasteiger partial charge in [-0.05, 0) is 76.2 Å². The molecule has 39 heavy (non-hydrogen) atoms. The van der Waals surface area contributed by atoms with E-state index in [0.717, 1.165) is 44.7 Å². The molecule has 4 rings (SSSR count). The molecule has 0 spiro atoms. The molecule has 1 aliphatic carbocycles. The van der Waals surface area contributed by atoms with Crippen LogP contribution in [-0.4, -0.2) is 74.6 Å². The maximum Gasteiger partial charge on any atom is 0.228 e. The number of methoxy groups -OCH3 is 1. The number of benzene rings is 1. The highest BCUT2D eigenvalue weighted by Gasteiger charge is 2.18. The van der Waals surface area contributed by atoms with Crippen molar-refractivity contribution in [3.8, 4) is 5.75 Å². The fourth-order valence-corrected chi connectivity index (χ4v) is 5.69. The van der Waals surface area contributed by atoms with Crippen LogP contribution in [-0.2, 0) is 9.84 Å². The van der Waals surface area contributed by atoms with Crippen LogP contribution in [0.5, 0.6) is 5.75 Å². The van der Waals surface area contributed by atoms with Gasteiger partial charge in [0.05, 0.1) is 12.0 Å². The lowest BCUT2D eigenvalue weighted by Gasteiger charge is -2.34. The number of anilines is 2. The average molecular weight is 553 g/mol. The number of hydrogen-bond donors (Lipinski definition) is 2. The van der Waals surface area contributed by atoms with E-state index in [9.17, 15) is 8.42 Å². The molecule has 1 saturated heterocycles. The molecule has 0 bridgehead atoms. The van der Waals surface area contributed by atoms with Gasteiger partial charge in [-0.1, -0.05) is 12.8 Å². The van der Waals surface area contributed by atoms with Gasteiger partial charge in [0.1, 0.15) is 11.6 Å². The monoisotopic (exact) mass is 552 g/mol. The summed E-state index contributed by atoms with van der Waals surface area (Å²) < 4.78 is 31.0. The Morgan fingerprint density at radius 3 is 2.41 bits per heavy atom. The zero-order chi connectivity index (χ0) is 27.8. The number of aromatic nitrogens is 2. The zero-order valence-electron chi connectivity index (χ0n) is 23.4. The molecule has 210 valence electrons. The predicted octanol–water partition coefficient (Wildman–Crippen LogP) is 4.75. The molecule has 0 amide bonds. The van der Waals surface area contributed by atoms with Crippen LogP contribution in [0.15, 0.2) is 64.3 Å². The van der Waals surface area contributed by atoms with Crippen LogP contribution in [0, 0.1) is 0 Å². The summed E-state index contributed by atoms with van der Waals surface area (Å²) in [6, 6.07) is 6.65. The van der Waals surface area contributed by atoms with Crippen LogP contribution in [0.1, 0.15) is 45.1 Å². The Labute approximate surface area is 232 Å². The van der Waals surface area contributed by atoms with Gasteiger partial charge in [0, 0.05) is 60.8 Å². The molecule has 2 aromatic rings. The molecule has 1 aliphatic heterocycles. The minimum Gasteiger partial charge on any atom is -0.497 e. The number of sulfone groups is 1. The Balaban J connectivity index is 1.51. The van der Waals surface area contributed by atoms with Gasteiger partial charge in [0.2, 0.25) is 5.95 Å². The quantitative estimate of drug-likeness (QED) is 0.405. The topological polar surface area (TPSA) is 99.7 Å². The second kappa shape index (κ2) is 13.1. The summed E-state index contributed by atoms with van der Waals surface area (Å²) in [5.74, 6) is 1.69. The first-order valence-corrected chi connectivity index (χ1v) is 15.0. The largest absolute Gasteiger partial charge is 0.497 e. The maximum absolute atomic E-state index is 12.9. The zero-order valence-corrected chi connectivity index (χ0v) is 24.2. The molecule has 1 aromatic carbocycles. The minimum atomic E-state index is -3.64. The second-order valence-electron chi connectivity index (χ2n) is 10.2. The van der Waals surface area contributed by atoms with E-state index in [4.69, 9.17) is 9.72 Å². The Morgan fingerprint density at radius 1 is 1.05 bits per heavy atom. The summed E-state index contributed by atoms with van der Waals surface area (Å²) in [6.07, 6.45) is 11.8. The van der Waals surface area contributed by atoms with Crippen molar-refractivity contribution in [3.63, 3.8) is 0 Å². The van der Waals surface area contributed by atoms with Crippen LogP contribution in [0.25, 0.3) is 6.08 Å². The summed E-state index contributed by atoms with van der Waals surface area (Å²) in [7, 11) is 0.0581. The summed E-state index contributed by atoms with van der Waals surface area (Å²) in [6.45, 7) is 8.31. The van der Waals surface area contributed by atoms with Crippen molar-refractivity contribution >= 4 is 27.7 Å². The van der Waals surface area contributed by atoms with Gasteiger partial charge in [-0.2, -0.15) is 4.98 Å². The van der Waals surface area contributed by atoms with Gasteiger partial charge in [0.25, 0.3) is 0 Å². The van der Waals surface area contributed by atoms with Gasteiger partial charge in [-0.25, -0.2) is 13.4 Å². The Hall–Kier alpha value is -3.37. The molecule has 0 radical (unpaired) electrons. The van der Waals surface area contributed by atoms with Gasteiger partial charge >= 0.3 is 0 Å². The van der Waals surface area contributed by atoms with Crippen molar-refractivity contribution in [2.75, 3.05) is 51.0 Å². The first kappa shape index (κ1) is 28.6. The van der Waals surface area contributed by atoms with Crippen LogP contribution < -0.4 is 15.4 Å². The smallest absolute Gasteiger partial charge is 0.228 e. The molecular formula is C29H40N6O3S. The van der Waals surface area contributed by atoms with E-state index in [0.29, 0.717) is 29.1 Å². The van der Waals surface area contributed by atoms with E-state index in [2.05, 4.69) is 45.5 Å². The third-order valence-corrected chi connectivity index (χ3v) is 8.64. The third kappa shape index (κ3) is 8.06. The van der Waals surface area contributed by atoms with Crippen molar-refractivity contribution < 1.29 is 13.2 Å². The van der Waals surface area contributed by atoms with Crippen LogP contribution in [0.2, 0.25) is 0 Å². The number of nitrogens with zero attached hydrogens (tertiary/aromatic N) is 4. The second-order valence-corrected chi connectivity index (χ2v) is 12.1. The number of piperazine rings is 1. The molecule has 9 nitrogen and oxygen atoms in total. The Bertz CT molecular complexity index is 1310. The number of allylic oxidation sites excluding steroid dienone is 4. The van der Waals surface area contributed by atoms with Gasteiger partial charge in [-0.15, -0.1) is 0 Å². The van der Waals surface area contributed by atoms with E-state index < -0.39 is 9.84 Å². The molecule has 0 unspecified atom stereocenters. The summed E-state index contributed by atoms with van der Waals surface area (Å²) in [5, 5.41) is 8.00. The molecule has 1 saturated carbocycles. The molecule has 10 heteroatoms. The van der Waals surface area contributed by atoms with E-state index in [1.54, 1.807) is 31.5 Å².